The van der Waals surface area contributed by atoms with Gasteiger partial charge in [-0.1, -0.05) is 42.5 Å². The first-order valence-electron chi connectivity index (χ1n) is 12.9. The zero-order valence-corrected chi connectivity index (χ0v) is 22.1. The maximum atomic E-state index is 12.5. The largest absolute Gasteiger partial charge is 0.469 e. The van der Waals surface area contributed by atoms with Gasteiger partial charge in [0.15, 0.2) is 5.78 Å². The van der Waals surface area contributed by atoms with Crippen molar-refractivity contribution < 1.29 is 14.3 Å². The molecule has 0 spiro atoms. The minimum Gasteiger partial charge on any atom is -0.469 e. The summed E-state index contributed by atoms with van der Waals surface area (Å²) in [4.78, 5) is 40.0. The number of nitrogens with zero attached hydrogens (tertiary/aromatic N) is 4. The lowest BCUT2D eigenvalue weighted by Gasteiger charge is -2.21. The first-order chi connectivity index (χ1) is 19.1. The van der Waals surface area contributed by atoms with E-state index in [4.69, 9.17) is 9.72 Å². The number of hydrogen-bond acceptors (Lipinski definition) is 8. The first kappa shape index (κ1) is 27.8. The Bertz CT molecular complexity index is 1290. The molecule has 39 heavy (non-hydrogen) atoms. The van der Waals surface area contributed by atoms with Gasteiger partial charge in [-0.2, -0.15) is 0 Å². The lowest BCUT2D eigenvalue weighted by Crippen LogP contribution is -2.25. The normalized spacial score (nSPS) is 10.9. The van der Waals surface area contributed by atoms with Crippen molar-refractivity contribution >= 4 is 11.8 Å². The van der Waals surface area contributed by atoms with Crippen LogP contribution in [-0.4, -0.2) is 45.3 Å². The SMILES string of the molecule is COC(=O)Cc1ccc(CC(=O)CNCc2cccc(CN(Cc3ccccn3)Cc3ccccn3)n2)cc1. The highest BCUT2D eigenvalue weighted by atomic mass is 16.5. The number of benzene rings is 1. The molecule has 8 nitrogen and oxygen atoms in total. The minimum absolute atomic E-state index is 0.0868. The van der Waals surface area contributed by atoms with E-state index in [0.29, 0.717) is 32.6 Å². The van der Waals surface area contributed by atoms with Crippen LogP contribution < -0.4 is 5.32 Å². The molecule has 0 aliphatic heterocycles. The summed E-state index contributed by atoms with van der Waals surface area (Å²) >= 11 is 0. The fraction of sp³-hybridized carbons (Fsp3) is 0.258. The molecule has 0 unspecified atom stereocenters. The van der Waals surface area contributed by atoms with E-state index in [0.717, 1.165) is 33.9 Å². The molecule has 200 valence electrons. The molecular formula is C31H33N5O3. The van der Waals surface area contributed by atoms with E-state index in [9.17, 15) is 9.59 Å². The topological polar surface area (TPSA) is 97.3 Å². The quantitative estimate of drug-likeness (QED) is 0.250. The Morgan fingerprint density at radius 3 is 1.87 bits per heavy atom. The molecule has 4 rings (SSSR count). The van der Waals surface area contributed by atoms with Crippen molar-refractivity contribution in [2.24, 2.45) is 0 Å². The molecule has 1 aromatic carbocycles. The molecule has 0 radical (unpaired) electrons. The van der Waals surface area contributed by atoms with E-state index in [2.05, 4.69) is 20.2 Å². The molecule has 8 heteroatoms. The van der Waals surface area contributed by atoms with Crippen LogP contribution >= 0.6 is 0 Å². The lowest BCUT2D eigenvalue weighted by molar-refractivity contribution is -0.139. The third-order valence-corrected chi connectivity index (χ3v) is 6.10. The van der Waals surface area contributed by atoms with Gasteiger partial charge in [-0.25, -0.2) is 0 Å². The number of hydrogen-bond donors (Lipinski definition) is 1. The second-order valence-corrected chi connectivity index (χ2v) is 9.30. The molecule has 0 bridgehead atoms. The van der Waals surface area contributed by atoms with Crippen molar-refractivity contribution in [2.45, 2.75) is 39.0 Å². The van der Waals surface area contributed by atoms with Gasteiger partial charge in [0.25, 0.3) is 0 Å². The number of carbonyl (C=O) groups excluding carboxylic acids is 2. The van der Waals surface area contributed by atoms with Crippen LogP contribution in [0, 0.1) is 0 Å². The third kappa shape index (κ3) is 9.52. The van der Waals surface area contributed by atoms with Gasteiger partial charge in [-0.3, -0.25) is 29.4 Å². The van der Waals surface area contributed by atoms with Crippen molar-refractivity contribution in [3.63, 3.8) is 0 Å². The first-order valence-corrected chi connectivity index (χ1v) is 12.9. The highest BCUT2D eigenvalue weighted by Gasteiger charge is 2.12. The average molecular weight is 524 g/mol. The number of ketones is 1. The Hall–Kier alpha value is -4.27. The van der Waals surface area contributed by atoms with Crippen molar-refractivity contribution in [3.05, 3.63) is 125 Å². The van der Waals surface area contributed by atoms with E-state index in [1.54, 1.807) is 12.4 Å². The Balaban J connectivity index is 1.29. The van der Waals surface area contributed by atoms with Gasteiger partial charge in [0.1, 0.15) is 0 Å². The molecule has 3 heterocycles. The van der Waals surface area contributed by atoms with Gasteiger partial charge < -0.3 is 10.1 Å². The molecule has 4 aromatic rings. The summed E-state index contributed by atoms with van der Waals surface area (Å²) in [6.07, 6.45) is 4.16. The van der Waals surface area contributed by atoms with Crippen molar-refractivity contribution in [3.8, 4) is 0 Å². The van der Waals surface area contributed by atoms with Crippen LogP contribution in [0.5, 0.6) is 0 Å². The van der Waals surface area contributed by atoms with Gasteiger partial charge >= 0.3 is 5.97 Å². The number of Topliss-reactive ketones (excluding diaryl/α,β-unsaturated/α-hetero) is 1. The summed E-state index contributed by atoms with van der Waals surface area (Å²) in [5.41, 5.74) is 5.57. The van der Waals surface area contributed by atoms with Crippen molar-refractivity contribution in [2.75, 3.05) is 13.7 Å². The number of pyridine rings is 3. The number of methoxy groups -OCH3 is 1. The monoisotopic (exact) mass is 523 g/mol. The van der Waals surface area contributed by atoms with Crippen LogP contribution in [0.15, 0.2) is 91.3 Å². The fourth-order valence-electron chi connectivity index (χ4n) is 4.19. The highest BCUT2D eigenvalue weighted by molar-refractivity contribution is 5.82. The average Bonchev–Trinajstić information content (AvgIpc) is 2.95. The van der Waals surface area contributed by atoms with E-state index in [1.165, 1.54) is 7.11 Å². The Morgan fingerprint density at radius 2 is 1.28 bits per heavy atom. The van der Waals surface area contributed by atoms with Crippen LogP contribution in [0.1, 0.15) is 33.9 Å². The van der Waals surface area contributed by atoms with Crippen LogP contribution in [0.25, 0.3) is 0 Å². The van der Waals surface area contributed by atoms with Gasteiger partial charge in [0.05, 0.1) is 42.9 Å². The summed E-state index contributed by atoms with van der Waals surface area (Å²) in [7, 11) is 1.37. The molecule has 0 saturated carbocycles. The number of ether oxygens (including phenoxy) is 1. The van der Waals surface area contributed by atoms with Crippen molar-refractivity contribution in [1.29, 1.82) is 0 Å². The Morgan fingerprint density at radius 1 is 0.718 bits per heavy atom. The highest BCUT2D eigenvalue weighted by Crippen LogP contribution is 2.12. The zero-order valence-electron chi connectivity index (χ0n) is 22.1. The number of rotatable bonds is 14. The zero-order chi connectivity index (χ0) is 27.3. The van der Waals surface area contributed by atoms with E-state index < -0.39 is 0 Å². The van der Waals surface area contributed by atoms with Crippen LogP contribution in [-0.2, 0) is 53.3 Å². The summed E-state index contributed by atoms with van der Waals surface area (Å²) in [6.45, 7) is 2.75. The Kier molecular flexibility index (Phi) is 10.4. The van der Waals surface area contributed by atoms with E-state index in [1.807, 2.05) is 78.9 Å². The number of carbonyl (C=O) groups is 2. The summed E-state index contributed by atoms with van der Waals surface area (Å²) in [6, 6.07) is 25.3. The molecular weight excluding hydrogens is 490 g/mol. The second-order valence-electron chi connectivity index (χ2n) is 9.30. The van der Waals surface area contributed by atoms with Crippen LogP contribution in [0.4, 0.5) is 0 Å². The third-order valence-electron chi connectivity index (χ3n) is 6.10. The van der Waals surface area contributed by atoms with Gasteiger partial charge in [-0.15, -0.1) is 0 Å². The maximum absolute atomic E-state index is 12.5. The van der Waals surface area contributed by atoms with Crippen LogP contribution in [0.2, 0.25) is 0 Å². The number of esters is 1. The summed E-state index contributed by atoms with van der Waals surface area (Å²) in [5.74, 6) is -0.196. The number of nitrogens with one attached hydrogen (secondary N) is 1. The molecule has 0 aliphatic carbocycles. The Labute approximate surface area is 229 Å². The standard InChI is InChI=1S/C31H33N5O3/c1-39-31(38)18-25-13-11-24(12-14-25)17-30(37)20-32-19-26-9-6-10-29(35-26)23-36(21-27-7-2-4-15-33-27)22-28-8-3-5-16-34-28/h2-16,32H,17-23H2,1H3. The number of aromatic nitrogens is 3. The molecule has 0 aliphatic rings. The molecule has 0 fully saturated rings. The molecule has 3 aromatic heterocycles. The lowest BCUT2D eigenvalue weighted by atomic mass is 10.1. The van der Waals surface area contributed by atoms with E-state index >= 15 is 0 Å². The van der Waals surface area contributed by atoms with Crippen LogP contribution in [0.3, 0.4) is 0 Å². The second kappa shape index (κ2) is 14.6. The fourth-order valence-corrected chi connectivity index (χ4v) is 4.19. The van der Waals surface area contributed by atoms with Crippen molar-refractivity contribution in [1.82, 2.24) is 25.2 Å². The summed E-state index contributed by atoms with van der Waals surface area (Å²) < 4.78 is 4.69. The molecule has 0 saturated heterocycles. The molecule has 0 atom stereocenters. The van der Waals surface area contributed by atoms with E-state index in [-0.39, 0.29) is 24.7 Å². The predicted molar refractivity (Wildman–Crippen MR) is 148 cm³/mol. The minimum atomic E-state index is -0.283. The summed E-state index contributed by atoms with van der Waals surface area (Å²) in [5, 5.41) is 3.22. The smallest absolute Gasteiger partial charge is 0.309 e. The maximum Gasteiger partial charge on any atom is 0.309 e. The molecule has 0 amide bonds. The predicted octanol–water partition coefficient (Wildman–Crippen LogP) is 3.69. The van der Waals surface area contributed by atoms with Gasteiger partial charge in [-0.05, 0) is 47.5 Å². The van der Waals surface area contributed by atoms with Gasteiger partial charge in [0.2, 0.25) is 0 Å². The van der Waals surface area contributed by atoms with Gasteiger partial charge in [0, 0.05) is 45.0 Å². The molecule has 1 N–H and O–H groups in total.